The molecule has 6 nitrogen and oxygen atoms in total. The summed E-state index contributed by atoms with van der Waals surface area (Å²) in [6.45, 7) is 0.309. The summed E-state index contributed by atoms with van der Waals surface area (Å²) in [4.78, 5) is 16.1. The van der Waals surface area contributed by atoms with E-state index in [0.29, 0.717) is 17.8 Å². The minimum Gasteiger partial charge on any atom is -0.346 e. The molecule has 7 heteroatoms. The highest BCUT2D eigenvalue weighted by Crippen LogP contribution is 2.12. The van der Waals surface area contributed by atoms with Crippen LogP contribution in [0.4, 0.5) is 5.69 Å². The zero-order valence-electron chi connectivity index (χ0n) is 11.4. The van der Waals surface area contributed by atoms with E-state index in [0.717, 1.165) is 11.9 Å². The molecule has 0 unspecified atom stereocenters. The van der Waals surface area contributed by atoms with Gasteiger partial charge in [-0.1, -0.05) is 12.1 Å². The largest absolute Gasteiger partial charge is 0.346 e. The van der Waals surface area contributed by atoms with Gasteiger partial charge in [0, 0.05) is 17.4 Å². The zero-order valence-corrected chi connectivity index (χ0v) is 12.2. The summed E-state index contributed by atoms with van der Waals surface area (Å²) in [7, 11) is -3.37. The molecule has 0 saturated carbocycles. The van der Waals surface area contributed by atoms with Gasteiger partial charge in [0.15, 0.2) is 0 Å². The third-order valence-electron chi connectivity index (χ3n) is 2.58. The number of hydrogen-bond donors (Lipinski definition) is 2. The summed E-state index contributed by atoms with van der Waals surface area (Å²) < 4.78 is 24.7. The van der Waals surface area contributed by atoms with E-state index < -0.39 is 10.0 Å². The van der Waals surface area contributed by atoms with E-state index >= 15 is 0 Å². The maximum atomic E-state index is 12.0. The second kappa shape index (κ2) is 6.36. The molecular formula is C14H15N3O3S. The second-order valence-electron chi connectivity index (χ2n) is 4.46. The first-order valence-corrected chi connectivity index (χ1v) is 8.09. The standard InChI is InChI=1S/C14H15N3O3S/c1-21(19,20)17-12-7-4-5-11(9-12)14(18)16-10-13-6-2-3-8-15-13/h2-9,17H,10H2,1H3,(H,16,18). The predicted molar refractivity (Wildman–Crippen MR) is 80.3 cm³/mol. The van der Waals surface area contributed by atoms with Gasteiger partial charge in [-0.15, -0.1) is 0 Å². The number of carbonyl (C=O) groups excluding carboxylic acids is 1. The molecule has 1 aromatic heterocycles. The van der Waals surface area contributed by atoms with Crippen LogP contribution in [0.25, 0.3) is 0 Å². The van der Waals surface area contributed by atoms with Gasteiger partial charge in [-0.25, -0.2) is 8.42 Å². The lowest BCUT2D eigenvalue weighted by molar-refractivity contribution is 0.0950. The van der Waals surface area contributed by atoms with Crippen molar-refractivity contribution in [2.24, 2.45) is 0 Å². The van der Waals surface area contributed by atoms with Gasteiger partial charge in [0.25, 0.3) is 5.91 Å². The Bertz CT molecular complexity index is 730. The summed E-state index contributed by atoms with van der Waals surface area (Å²) in [5.41, 5.74) is 1.47. The van der Waals surface area contributed by atoms with E-state index in [1.165, 1.54) is 6.07 Å². The van der Waals surface area contributed by atoms with Gasteiger partial charge in [-0.05, 0) is 30.3 Å². The van der Waals surface area contributed by atoms with Crippen molar-refractivity contribution in [1.29, 1.82) is 0 Å². The van der Waals surface area contributed by atoms with Crippen molar-refractivity contribution < 1.29 is 13.2 Å². The average Bonchev–Trinajstić information content (AvgIpc) is 2.44. The van der Waals surface area contributed by atoms with Gasteiger partial charge in [-0.2, -0.15) is 0 Å². The van der Waals surface area contributed by atoms with Gasteiger partial charge in [0.1, 0.15) is 0 Å². The van der Waals surface area contributed by atoms with Crippen LogP contribution < -0.4 is 10.0 Å². The normalized spacial score (nSPS) is 10.9. The van der Waals surface area contributed by atoms with Crippen molar-refractivity contribution in [3.8, 4) is 0 Å². The highest BCUT2D eigenvalue weighted by Gasteiger charge is 2.08. The summed E-state index contributed by atoms with van der Waals surface area (Å²) in [5, 5.41) is 2.73. The molecule has 21 heavy (non-hydrogen) atoms. The molecule has 0 aliphatic heterocycles. The lowest BCUT2D eigenvalue weighted by Crippen LogP contribution is -2.23. The minimum absolute atomic E-state index is 0.294. The van der Waals surface area contributed by atoms with Gasteiger partial charge >= 0.3 is 0 Å². The Morgan fingerprint density at radius 1 is 1.19 bits per heavy atom. The number of nitrogens with zero attached hydrogens (tertiary/aromatic N) is 1. The van der Waals surface area contributed by atoms with Crippen LogP contribution in [0, 0.1) is 0 Å². The molecule has 0 atom stereocenters. The van der Waals surface area contributed by atoms with Crippen molar-refractivity contribution in [2.45, 2.75) is 6.54 Å². The third-order valence-corrected chi connectivity index (χ3v) is 3.19. The Balaban J connectivity index is 2.04. The van der Waals surface area contributed by atoms with Crippen molar-refractivity contribution in [2.75, 3.05) is 11.0 Å². The van der Waals surface area contributed by atoms with E-state index in [-0.39, 0.29) is 5.91 Å². The first kappa shape index (κ1) is 15.0. The number of anilines is 1. The van der Waals surface area contributed by atoms with Crippen LogP contribution in [0.15, 0.2) is 48.7 Å². The van der Waals surface area contributed by atoms with Crippen LogP contribution >= 0.6 is 0 Å². The molecule has 0 bridgehead atoms. The number of carbonyl (C=O) groups is 1. The van der Waals surface area contributed by atoms with E-state index in [1.807, 2.05) is 12.1 Å². The lowest BCUT2D eigenvalue weighted by atomic mass is 10.2. The topological polar surface area (TPSA) is 88.2 Å². The third kappa shape index (κ3) is 4.88. The molecule has 1 amide bonds. The first-order valence-electron chi connectivity index (χ1n) is 6.20. The number of nitrogens with one attached hydrogen (secondary N) is 2. The SMILES string of the molecule is CS(=O)(=O)Nc1cccc(C(=O)NCc2ccccn2)c1. The number of sulfonamides is 1. The number of hydrogen-bond acceptors (Lipinski definition) is 4. The maximum Gasteiger partial charge on any atom is 0.251 e. The fraction of sp³-hybridized carbons (Fsp3) is 0.143. The molecule has 0 aliphatic carbocycles. The minimum atomic E-state index is -3.37. The van der Waals surface area contributed by atoms with Gasteiger partial charge in [0.05, 0.1) is 18.5 Å². The Kier molecular flexibility index (Phi) is 4.54. The zero-order chi connectivity index (χ0) is 15.3. The summed E-state index contributed by atoms with van der Waals surface area (Å²) in [5.74, 6) is -0.294. The molecule has 2 N–H and O–H groups in total. The van der Waals surface area contributed by atoms with E-state index in [2.05, 4.69) is 15.0 Å². The van der Waals surface area contributed by atoms with Crippen molar-refractivity contribution in [3.05, 3.63) is 59.9 Å². The average molecular weight is 305 g/mol. The molecule has 1 aromatic carbocycles. The fourth-order valence-corrected chi connectivity index (χ4v) is 2.27. The van der Waals surface area contributed by atoms with Gasteiger partial charge in [0.2, 0.25) is 10.0 Å². The Hall–Kier alpha value is -2.41. The van der Waals surface area contributed by atoms with E-state index in [4.69, 9.17) is 0 Å². The number of rotatable bonds is 5. The number of amides is 1. The second-order valence-corrected chi connectivity index (χ2v) is 6.21. The quantitative estimate of drug-likeness (QED) is 0.873. The highest BCUT2D eigenvalue weighted by molar-refractivity contribution is 7.92. The van der Waals surface area contributed by atoms with Crippen LogP contribution in [-0.2, 0) is 16.6 Å². The van der Waals surface area contributed by atoms with Gasteiger partial charge in [-0.3, -0.25) is 14.5 Å². The van der Waals surface area contributed by atoms with Crippen LogP contribution in [0.2, 0.25) is 0 Å². The molecule has 2 aromatic rings. The molecule has 0 aliphatic rings. The monoisotopic (exact) mass is 305 g/mol. The smallest absolute Gasteiger partial charge is 0.251 e. The molecule has 0 radical (unpaired) electrons. The molecule has 0 saturated heterocycles. The van der Waals surface area contributed by atoms with E-state index in [9.17, 15) is 13.2 Å². The van der Waals surface area contributed by atoms with Crippen LogP contribution in [-0.4, -0.2) is 25.6 Å². The number of aromatic nitrogens is 1. The van der Waals surface area contributed by atoms with Crippen molar-refractivity contribution >= 4 is 21.6 Å². The Labute approximate surface area is 123 Å². The van der Waals surface area contributed by atoms with E-state index in [1.54, 1.807) is 30.5 Å². The molecule has 0 spiro atoms. The first-order chi connectivity index (χ1) is 9.94. The molecule has 1 heterocycles. The summed E-state index contributed by atoms with van der Waals surface area (Å²) in [6, 6.07) is 11.7. The van der Waals surface area contributed by atoms with Crippen LogP contribution in [0.5, 0.6) is 0 Å². The molecule has 110 valence electrons. The summed E-state index contributed by atoms with van der Waals surface area (Å²) >= 11 is 0. The Morgan fingerprint density at radius 2 is 2.00 bits per heavy atom. The van der Waals surface area contributed by atoms with Crippen LogP contribution in [0.3, 0.4) is 0 Å². The lowest BCUT2D eigenvalue weighted by Gasteiger charge is -2.07. The number of pyridine rings is 1. The van der Waals surface area contributed by atoms with Crippen molar-refractivity contribution in [1.82, 2.24) is 10.3 Å². The molecule has 2 rings (SSSR count). The molecular weight excluding hydrogens is 290 g/mol. The van der Waals surface area contributed by atoms with Gasteiger partial charge < -0.3 is 5.32 Å². The molecule has 0 fully saturated rings. The summed E-state index contributed by atoms with van der Waals surface area (Å²) in [6.07, 6.45) is 2.71. The van der Waals surface area contributed by atoms with Crippen LogP contribution in [0.1, 0.15) is 16.1 Å². The highest BCUT2D eigenvalue weighted by atomic mass is 32.2. The Morgan fingerprint density at radius 3 is 2.67 bits per heavy atom. The number of benzene rings is 1. The van der Waals surface area contributed by atoms with Crippen molar-refractivity contribution in [3.63, 3.8) is 0 Å². The predicted octanol–water partition coefficient (Wildman–Crippen LogP) is 1.38. The fourth-order valence-electron chi connectivity index (χ4n) is 1.71. The maximum absolute atomic E-state index is 12.0.